The van der Waals surface area contributed by atoms with Gasteiger partial charge in [0, 0.05) is 12.7 Å². The Morgan fingerprint density at radius 2 is 2.28 bits per heavy atom. The van der Waals surface area contributed by atoms with Crippen molar-refractivity contribution in [1.29, 1.82) is 0 Å². The minimum Gasteiger partial charge on any atom is -0.288 e. The van der Waals surface area contributed by atoms with Gasteiger partial charge in [-0.1, -0.05) is 0 Å². The average Bonchev–Trinajstić information content (AvgIpc) is 2.35. The molecule has 2 N–H and O–H groups in total. The first-order chi connectivity index (χ1) is 8.41. The van der Waals surface area contributed by atoms with E-state index in [4.69, 9.17) is 5.21 Å². The van der Waals surface area contributed by atoms with Crippen LogP contribution in [0, 0.1) is 0 Å². The number of amides is 1. The molecule has 2 heterocycles. The summed E-state index contributed by atoms with van der Waals surface area (Å²) in [6, 6.07) is 1.62. The summed E-state index contributed by atoms with van der Waals surface area (Å²) in [7, 11) is -3.23. The summed E-state index contributed by atoms with van der Waals surface area (Å²) in [5.41, 5.74) is 3.26. The van der Waals surface area contributed by atoms with Crippen LogP contribution in [0.3, 0.4) is 0 Å². The summed E-state index contributed by atoms with van der Waals surface area (Å²) in [5, 5.41) is 8.53. The van der Waals surface area contributed by atoms with Crippen molar-refractivity contribution in [3.05, 3.63) is 29.1 Å². The van der Waals surface area contributed by atoms with Crippen LogP contribution in [0.25, 0.3) is 0 Å². The maximum atomic E-state index is 11.4. The molecule has 0 radical (unpaired) electrons. The first-order valence-corrected chi connectivity index (χ1v) is 7.14. The Balaban J connectivity index is 2.29. The lowest BCUT2D eigenvalue weighted by Crippen LogP contribution is -2.35. The van der Waals surface area contributed by atoms with Crippen LogP contribution < -0.4 is 5.48 Å². The van der Waals surface area contributed by atoms with E-state index in [2.05, 4.69) is 4.98 Å². The van der Waals surface area contributed by atoms with E-state index in [0.29, 0.717) is 18.7 Å². The number of hydrogen-bond donors (Lipinski definition) is 2. The number of fused-ring (bicyclic) bond motifs is 1. The molecule has 1 aliphatic rings. The fourth-order valence-electron chi connectivity index (χ4n) is 1.86. The predicted molar refractivity (Wildman–Crippen MR) is 62.4 cm³/mol. The standard InChI is InChI=1S/C10H13N3O4S/c1-18(16,17)13-3-2-7-4-8(10(14)12-15)5-11-9(7)6-13/h4-5,15H,2-3,6H2,1H3,(H,12,14). The molecule has 8 heteroatoms. The first kappa shape index (κ1) is 12.9. The lowest BCUT2D eigenvalue weighted by molar-refractivity contribution is 0.0705. The molecule has 0 aliphatic carbocycles. The van der Waals surface area contributed by atoms with Gasteiger partial charge in [0.05, 0.1) is 24.1 Å². The quantitative estimate of drug-likeness (QED) is 0.559. The fraction of sp³-hybridized carbons (Fsp3) is 0.400. The molecule has 0 saturated heterocycles. The molecule has 0 atom stereocenters. The minimum atomic E-state index is -3.23. The number of hydrogen-bond acceptors (Lipinski definition) is 5. The van der Waals surface area contributed by atoms with Crippen molar-refractivity contribution in [3.63, 3.8) is 0 Å². The Bertz CT molecular complexity index is 585. The lowest BCUT2D eigenvalue weighted by Gasteiger charge is -2.26. The molecule has 1 aromatic rings. The molecule has 98 valence electrons. The molecule has 0 saturated carbocycles. The number of pyridine rings is 1. The summed E-state index contributed by atoms with van der Waals surface area (Å²) in [6.45, 7) is 0.590. The normalized spacial score (nSPS) is 16.1. The summed E-state index contributed by atoms with van der Waals surface area (Å²) in [5.74, 6) is -0.629. The Morgan fingerprint density at radius 1 is 1.56 bits per heavy atom. The molecular formula is C10H13N3O4S. The van der Waals surface area contributed by atoms with Crippen LogP contribution in [-0.4, -0.2) is 41.6 Å². The summed E-state index contributed by atoms with van der Waals surface area (Å²) >= 11 is 0. The van der Waals surface area contributed by atoms with Crippen molar-refractivity contribution in [1.82, 2.24) is 14.8 Å². The first-order valence-electron chi connectivity index (χ1n) is 5.29. The number of carbonyl (C=O) groups is 1. The van der Waals surface area contributed by atoms with E-state index in [0.717, 1.165) is 11.8 Å². The third kappa shape index (κ3) is 2.50. The molecule has 0 unspecified atom stereocenters. The number of aromatic nitrogens is 1. The third-order valence-corrected chi connectivity index (χ3v) is 4.10. The molecule has 0 spiro atoms. The molecule has 1 amide bonds. The van der Waals surface area contributed by atoms with Gasteiger partial charge in [-0.05, 0) is 18.1 Å². The molecular weight excluding hydrogens is 258 g/mol. The number of sulfonamides is 1. The van der Waals surface area contributed by atoms with Crippen LogP contribution in [0.5, 0.6) is 0 Å². The zero-order valence-electron chi connectivity index (χ0n) is 9.75. The Kier molecular flexibility index (Phi) is 3.33. The van der Waals surface area contributed by atoms with Crippen LogP contribution in [0.15, 0.2) is 12.3 Å². The van der Waals surface area contributed by atoms with Gasteiger partial charge < -0.3 is 0 Å². The largest absolute Gasteiger partial charge is 0.288 e. The van der Waals surface area contributed by atoms with E-state index < -0.39 is 15.9 Å². The van der Waals surface area contributed by atoms with Crippen molar-refractivity contribution in [3.8, 4) is 0 Å². The maximum absolute atomic E-state index is 11.4. The van der Waals surface area contributed by atoms with Gasteiger partial charge in [-0.3, -0.25) is 15.0 Å². The summed E-state index contributed by atoms with van der Waals surface area (Å²) in [4.78, 5) is 15.3. The van der Waals surface area contributed by atoms with Gasteiger partial charge >= 0.3 is 0 Å². The monoisotopic (exact) mass is 271 g/mol. The Hall–Kier alpha value is -1.51. The third-order valence-electron chi connectivity index (χ3n) is 2.85. The van der Waals surface area contributed by atoms with Crippen molar-refractivity contribution in [2.75, 3.05) is 12.8 Å². The highest BCUT2D eigenvalue weighted by molar-refractivity contribution is 7.88. The summed E-state index contributed by atoms with van der Waals surface area (Å²) in [6.07, 6.45) is 2.98. The molecule has 0 fully saturated rings. The summed E-state index contributed by atoms with van der Waals surface area (Å²) < 4.78 is 24.2. The number of nitrogens with zero attached hydrogens (tertiary/aromatic N) is 2. The second-order valence-corrected chi connectivity index (χ2v) is 6.10. The van der Waals surface area contributed by atoms with Crippen LogP contribution >= 0.6 is 0 Å². The number of carbonyl (C=O) groups excluding carboxylic acids is 1. The molecule has 2 rings (SSSR count). The fourth-order valence-corrected chi connectivity index (χ4v) is 2.64. The molecule has 1 aliphatic heterocycles. The molecule has 1 aromatic heterocycles. The van der Waals surface area contributed by atoms with Crippen LogP contribution in [0.4, 0.5) is 0 Å². The Morgan fingerprint density at radius 3 is 2.89 bits per heavy atom. The van der Waals surface area contributed by atoms with Crippen LogP contribution in [-0.2, 0) is 23.0 Å². The zero-order valence-corrected chi connectivity index (χ0v) is 10.6. The van der Waals surface area contributed by atoms with Crippen LogP contribution in [0.1, 0.15) is 21.6 Å². The average molecular weight is 271 g/mol. The van der Waals surface area contributed by atoms with E-state index in [1.54, 1.807) is 6.07 Å². The van der Waals surface area contributed by atoms with E-state index in [1.807, 2.05) is 0 Å². The van der Waals surface area contributed by atoms with Crippen molar-refractivity contribution in [2.24, 2.45) is 0 Å². The minimum absolute atomic E-state index is 0.217. The smallest absolute Gasteiger partial charge is 0.276 e. The van der Waals surface area contributed by atoms with E-state index >= 15 is 0 Å². The number of rotatable bonds is 2. The number of hydroxylamine groups is 1. The van der Waals surface area contributed by atoms with Crippen LogP contribution in [0.2, 0.25) is 0 Å². The SMILES string of the molecule is CS(=O)(=O)N1CCc2cc(C(=O)NO)cnc2C1. The van der Waals surface area contributed by atoms with E-state index in [-0.39, 0.29) is 12.1 Å². The highest BCUT2D eigenvalue weighted by Crippen LogP contribution is 2.19. The highest BCUT2D eigenvalue weighted by atomic mass is 32.2. The van der Waals surface area contributed by atoms with Gasteiger partial charge in [0.1, 0.15) is 0 Å². The van der Waals surface area contributed by atoms with E-state index in [9.17, 15) is 13.2 Å². The Labute approximate surface area is 104 Å². The topological polar surface area (TPSA) is 99.6 Å². The molecule has 7 nitrogen and oxygen atoms in total. The number of nitrogens with one attached hydrogen (secondary N) is 1. The van der Waals surface area contributed by atoms with E-state index in [1.165, 1.54) is 16.0 Å². The van der Waals surface area contributed by atoms with Crippen molar-refractivity contribution >= 4 is 15.9 Å². The maximum Gasteiger partial charge on any atom is 0.276 e. The second-order valence-electron chi connectivity index (χ2n) is 4.12. The lowest BCUT2D eigenvalue weighted by atomic mass is 10.0. The van der Waals surface area contributed by atoms with Gasteiger partial charge in [-0.15, -0.1) is 0 Å². The zero-order chi connectivity index (χ0) is 13.3. The van der Waals surface area contributed by atoms with Gasteiger partial charge in [0.15, 0.2) is 0 Å². The van der Waals surface area contributed by atoms with Gasteiger partial charge in [-0.25, -0.2) is 13.9 Å². The molecule has 0 aromatic carbocycles. The second kappa shape index (κ2) is 4.63. The molecule has 0 bridgehead atoms. The highest BCUT2D eigenvalue weighted by Gasteiger charge is 2.24. The van der Waals surface area contributed by atoms with Gasteiger partial charge in [0.25, 0.3) is 5.91 Å². The van der Waals surface area contributed by atoms with Gasteiger partial charge in [0.2, 0.25) is 10.0 Å². The predicted octanol–water partition coefficient (Wildman–Crippen LogP) is -0.482. The van der Waals surface area contributed by atoms with Gasteiger partial charge in [-0.2, -0.15) is 4.31 Å². The van der Waals surface area contributed by atoms with Crippen molar-refractivity contribution in [2.45, 2.75) is 13.0 Å². The van der Waals surface area contributed by atoms with Crippen molar-refractivity contribution < 1.29 is 18.4 Å². The molecule has 18 heavy (non-hydrogen) atoms.